The largest absolute Gasteiger partial charge is 0.497 e. The molecule has 2 aromatic rings. The van der Waals surface area contributed by atoms with Gasteiger partial charge in [0.2, 0.25) is 0 Å². The summed E-state index contributed by atoms with van der Waals surface area (Å²) in [5.74, 6) is 0.853. The molecule has 0 saturated heterocycles. The predicted octanol–water partition coefficient (Wildman–Crippen LogP) is 3.50. The van der Waals surface area contributed by atoms with Crippen LogP contribution in [0.2, 0.25) is 0 Å². The Kier molecular flexibility index (Phi) is 4.46. The second-order valence-electron chi connectivity index (χ2n) is 5.61. The van der Waals surface area contributed by atoms with Crippen LogP contribution in [0.3, 0.4) is 0 Å². The Balaban J connectivity index is 2.28. The van der Waals surface area contributed by atoms with Gasteiger partial charge in [0.05, 0.1) is 13.7 Å². The van der Waals surface area contributed by atoms with Crippen LogP contribution in [-0.4, -0.2) is 18.8 Å². The zero-order chi connectivity index (χ0) is 14.6. The van der Waals surface area contributed by atoms with E-state index in [2.05, 4.69) is 44.2 Å². The van der Waals surface area contributed by atoms with Gasteiger partial charge in [-0.25, -0.2) is 0 Å². The van der Waals surface area contributed by atoms with Crippen molar-refractivity contribution in [2.75, 3.05) is 13.7 Å². The summed E-state index contributed by atoms with van der Waals surface area (Å²) >= 11 is 0. The minimum Gasteiger partial charge on any atom is -0.497 e. The van der Waals surface area contributed by atoms with Gasteiger partial charge < -0.3 is 9.84 Å². The number of hydrogen-bond acceptors (Lipinski definition) is 2. The molecule has 2 heteroatoms. The molecule has 2 aromatic carbocycles. The maximum atomic E-state index is 9.86. The fourth-order valence-electron chi connectivity index (χ4n) is 2.44. The van der Waals surface area contributed by atoms with Crippen LogP contribution < -0.4 is 4.74 Å². The highest BCUT2D eigenvalue weighted by Gasteiger charge is 2.26. The first-order valence-corrected chi connectivity index (χ1v) is 6.88. The van der Waals surface area contributed by atoms with Gasteiger partial charge in [0.15, 0.2) is 0 Å². The standard InChI is InChI=1S/C18H22O2/c1-14-7-9-16(10-8-14)18(2,13-19)12-15-5-4-6-17(11-15)20-3/h4-11,19H,12-13H2,1-3H3. The van der Waals surface area contributed by atoms with Crippen LogP contribution >= 0.6 is 0 Å². The van der Waals surface area contributed by atoms with Crippen molar-refractivity contribution in [2.24, 2.45) is 0 Å². The van der Waals surface area contributed by atoms with Gasteiger partial charge in [-0.3, -0.25) is 0 Å². The lowest BCUT2D eigenvalue weighted by molar-refractivity contribution is 0.204. The number of aryl methyl sites for hydroxylation is 1. The highest BCUT2D eigenvalue weighted by molar-refractivity contribution is 5.34. The van der Waals surface area contributed by atoms with E-state index in [1.807, 2.05) is 18.2 Å². The molecule has 0 amide bonds. The van der Waals surface area contributed by atoms with Crippen LogP contribution in [0.15, 0.2) is 48.5 Å². The fraction of sp³-hybridized carbons (Fsp3) is 0.333. The summed E-state index contributed by atoms with van der Waals surface area (Å²) in [4.78, 5) is 0. The number of benzene rings is 2. The van der Waals surface area contributed by atoms with Crippen molar-refractivity contribution in [3.63, 3.8) is 0 Å². The molecule has 0 aliphatic heterocycles. The Morgan fingerprint density at radius 3 is 2.40 bits per heavy atom. The number of hydrogen-bond donors (Lipinski definition) is 1. The van der Waals surface area contributed by atoms with E-state index >= 15 is 0 Å². The number of rotatable bonds is 5. The normalized spacial score (nSPS) is 13.8. The Morgan fingerprint density at radius 1 is 1.10 bits per heavy atom. The van der Waals surface area contributed by atoms with Crippen LogP contribution in [0.5, 0.6) is 5.75 Å². The average molecular weight is 270 g/mol. The molecule has 0 aliphatic rings. The van der Waals surface area contributed by atoms with Crippen molar-refractivity contribution in [3.05, 3.63) is 65.2 Å². The highest BCUT2D eigenvalue weighted by atomic mass is 16.5. The van der Waals surface area contributed by atoms with E-state index in [0.29, 0.717) is 0 Å². The van der Waals surface area contributed by atoms with Crippen LogP contribution in [0, 0.1) is 6.92 Å². The lowest BCUT2D eigenvalue weighted by atomic mass is 9.78. The SMILES string of the molecule is COc1cccc(CC(C)(CO)c2ccc(C)cc2)c1. The van der Waals surface area contributed by atoms with E-state index in [4.69, 9.17) is 4.74 Å². The van der Waals surface area contributed by atoms with Crippen LogP contribution in [0.4, 0.5) is 0 Å². The summed E-state index contributed by atoms with van der Waals surface area (Å²) in [6.07, 6.45) is 0.782. The molecule has 0 radical (unpaired) electrons. The molecule has 0 bridgehead atoms. The van der Waals surface area contributed by atoms with Gasteiger partial charge in [-0.1, -0.05) is 48.9 Å². The Morgan fingerprint density at radius 2 is 1.80 bits per heavy atom. The van der Waals surface area contributed by atoms with Crippen molar-refractivity contribution in [2.45, 2.75) is 25.7 Å². The molecule has 1 N–H and O–H groups in total. The quantitative estimate of drug-likeness (QED) is 0.901. The third-order valence-electron chi connectivity index (χ3n) is 3.83. The monoisotopic (exact) mass is 270 g/mol. The predicted molar refractivity (Wildman–Crippen MR) is 82.3 cm³/mol. The van der Waals surface area contributed by atoms with Gasteiger partial charge in [-0.15, -0.1) is 0 Å². The molecule has 0 spiro atoms. The van der Waals surface area contributed by atoms with Crippen molar-refractivity contribution >= 4 is 0 Å². The van der Waals surface area contributed by atoms with E-state index in [-0.39, 0.29) is 12.0 Å². The third kappa shape index (κ3) is 3.20. The summed E-state index contributed by atoms with van der Waals surface area (Å²) < 4.78 is 5.26. The maximum absolute atomic E-state index is 9.86. The molecule has 2 rings (SSSR count). The van der Waals surface area contributed by atoms with Crippen LogP contribution in [-0.2, 0) is 11.8 Å². The molecule has 0 fully saturated rings. The van der Waals surface area contributed by atoms with E-state index in [1.165, 1.54) is 11.1 Å². The molecular weight excluding hydrogens is 248 g/mol. The van der Waals surface area contributed by atoms with Crippen LogP contribution in [0.25, 0.3) is 0 Å². The van der Waals surface area contributed by atoms with Crippen molar-refractivity contribution in [1.29, 1.82) is 0 Å². The first-order valence-electron chi connectivity index (χ1n) is 6.88. The van der Waals surface area contributed by atoms with E-state index in [1.54, 1.807) is 7.11 Å². The smallest absolute Gasteiger partial charge is 0.119 e. The van der Waals surface area contributed by atoms with Crippen LogP contribution in [0.1, 0.15) is 23.6 Å². The average Bonchev–Trinajstić information content (AvgIpc) is 2.48. The van der Waals surface area contributed by atoms with Crippen molar-refractivity contribution < 1.29 is 9.84 Å². The van der Waals surface area contributed by atoms with E-state index in [0.717, 1.165) is 17.7 Å². The van der Waals surface area contributed by atoms with Crippen molar-refractivity contribution in [1.82, 2.24) is 0 Å². The second kappa shape index (κ2) is 6.10. The van der Waals surface area contributed by atoms with Gasteiger partial charge in [-0.2, -0.15) is 0 Å². The van der Waals surface area contributed by atoms with Gasteiger partial charge in [0, 0.05) is 5.41 Å². The topological polar surface area (TPSA) is 29.5 Å². The first kappa shape index (κ1) is 14.6. The number of ether oxygens (including phenoxy) is 1. The molecule has 0 aliphatic carbocycles. The lowest BCUT2D eigenvalue weighted by Gasteiger charge is -2.28. The van der Waals surface area contributed by atoms with Gasteiger partial charge in [0.25, 0.3) is 0 Å². The lowest BCUT2D eigenvalue weighted by Crippen LogP contribution is -2.29. The molecule has 2 nitrogen and oxygen atoms in total. The van der Waals surface area contributed by atoms with Gasteiger partial charge in [0.1, 0.15) is 5.75 Å². The summed E-state index contributed by atoms with van der Waals surface area (Å²) in [5.41, 5.74) is 3.28. The molecule has 1 atom stereocenters. The fourth-order valence-corrected chi connectivity index (χ4v) is 2.44. The minimum absolute atomic E-state index is 0.118. The van der Waals surface area contributed by atoms with Gasteiger partial charge in [-0.05, 0) is 36.6 Å². The summed E-state index contributed by atoms with van der Waals surface area (Å²) in [5, 5.41) is 9.86. The molecule has 0 aromatic heterocycles. The molecule has 106 valence electrons. The third-order valence-corrected chi connectivity index (χ3v) is 3.83. The summed E-state index contributed by atoms with van der Waals surface area (Å²) in [6.45, 7) is 4.28. The molecule has 1 unspecified atom stereocenters. The number of aliphatic hydroxyl groups excluding tert-OH is 1. The highest BCUT2D eigenvalue weighted by Crippen LogP contribution is 2.29. The molecular formula is C18H22O2. The second-order valence-corrected chi connectivity index (χ2v) is 5.61. The molecule has 0 saturated carbocycles. The zero-order valence-corrected chi connectivity index (χ0v) is 12.4. The zero-order valence-electron chi connectivity index (χ0n) is 12.4. The molecule has 20 heavy (non-hydrogen) atoms. The minimum atomic E-state index is -0.278. The summed E-state index contributed by atoms with van der Waals surface area (Å²) in [7, 11) is 1.67. The maximum Gasteiger partial charge on any atom is 0.119 e. The Labute approximate surface area is 121 Å². The Bertz CT molecular complexity index is 560. The first-order chi connectivity index (χ1) is 9.57. The van der Waals surface area contributed by atoms with E-state index in [9.17, 15) is 5.11 Å². The molecule has 0 heterocycles. The Hall–Kier alpha value is -1.80. The van der Waals surface area contributed by atoms with Gasteiger partial charge >= 0.3 is 0 Å². The van der Waals surface area contributed by atoms with Crippen molar-refractivity contribution in [3.8, 4) is 5.75 Å². The number of aliphatic hydroxyl groups is 1. The number of methoxy groups -OCH3 is 1. The summed E-state index contributed by atoms with van der Waals surface area (Å²) in [6, 6.07) is 16.4. The van der Waals surface area contributed by atoms with E-state index < -0.39 is 0 Å².